The SMILES string of the molecule is C/C=C1/OCO/C1=C/C(C)C. The van der Waals surface area contributed by atoms with E-state index in [-0.39, 0.29) is 0 Å². The second-order valence-electron chi connectivity index (χ2n) is 2.83. The summed E-state index contributed by atoms with van der Waals surface area (Å²) < 4.78 is 10.4. The van der Waals surface area contributed by atoms with Gasteiger partial charge in [-0.05, 0) is 25.0 Å². The van der Waals surface area contributed by atoms with E-state index in [9.17, 15) is 0 Å². The number of ether oxygens (including phenoxy) is 2. The molecule has 1 fully saturated rings. The van der Waals surface area contributed by atoms with Crippen LogP contribution in [0.15, 0.2) is 23.7 Å². The van der Waals surface area contributed by atoms with Crippen LogP contribution in [0.5, 0.6) is 0 Å². The second kappa shape index (κ2) is 3.46. The van der Waals surface area contributed by atoms with Crippen molar-refractivity contribution in [3.8, 4) is 0 Å². The zero-order valence-corrected chi connectivity index (χ0v) is 7.26. The number of rotatable bonds is 1. The third-order valence-electron chi connectivity index (χ3n) is 1.42. The fourth-order valence-corrected chi connectivity index (χ4v) is 0.957. The fourth-order valence-electron chi connectivity index (χ4n) is 0.957. The molecule has 11 heavy (non-hydrogen) atoms. The summed E-state index contributed by atoms with van der Waals surface area (Å²) in [5.41, 5.74) is 0. The van der Waals surface area contributed by atoms with E-state index in [4.69, 9.17) is 9.47 Å². The van der Waals surface area contributed by atoms with E-state index in [1.807, 2.05) is 13.0 Å². The van der Waals surface area contributed by atoms with Gasteiger partial charge >= 0.3 is 0 Å². The molecule has 1 aliphatic rings. The van der Waals surface area contributed by atoms with Crippen LogP contribution in [0.2, 0.25) is 0 Å². The Balaban J connectivity index is 2.71. The average Bonchev–Trinajstić information content (AvgIpc) is 2.34. The van der Waals surface area contributed by atoms with Crippen LogP contribution in [0.4, 0.5) is 0 Å². The standard InChI is InChI=1S/C9H14O2/c1-4-8-9(5-7(2)3)11-6-10-8/h4-5,7H,6H2,1-3H3/b8-4+,9-5+. The van der Waals surface area contributed by atoms with E-state index >= 15 is 0 Å². The minimum Gasteiger partial charge on any atom is -0.454 e. The molecule has 0 aromatic carbocycles. The molecular weight excluding hydrogens is 140 g/mol. The molecule has 1 rings (SSSR count). The Morgan fingerprint density at radius 1 is 1.27 bits per heavy atom. The van der Waals surface area contributed by atoms with E-state index in [2.05, 4.69) is 19.9 Å². The van der Waals surface area contributed by atoms with Gasteiger partial charge in [0.05, 0.1) is 0 Å². The Morgan fingerprint density at radius 2 is 1.91 bits per heavy atom. The Labute approximate surface area is 67.5 Å². The first-order valence-electron chi connectivity index (χ1n) is 3.88. The maximum absolute atomic E-state index is 5.24. The lowest BCUT2D eigenvalue weighted by atomic mass is 10.2. The highest BCUT2D eigenvalue weighted by Gasteiger charge is 2.14. The van der Waals surface area contributed by atoms with E-state index in [1.165, 1.54) is 0 Å². The topological polar surface area (TPSA) is 18.5 Å². The molecule has 0 amide bonds. The van der Waals surface area contributed by atoms with E-state index in [0.717, 1.165) is 11.5 Å². The zero-order valence-electron chi connectivity index (χ0n) is 7.26. The van der Waals surface area contributed by atoms with Crippen LogP contribution in [0, 0.1) is 5.92 Å². The molecule has 0 atom stereocenters. The molecule has 0 radical (unpaired) electrons. The summed E-state index contributed by atoms with van der Waals surface area (Å²) in [5.74, 6) is 2.24. The molecule has 0 aliphatic carbocycles. The molecule has 0 spiro atoms. The molecule has 0 bridgehead atoms. The minimum absolute atomic E-state index is 0.359. The van der Waals surface area contributed by atoms with Gasteiger partial charge in [0.15, 0.2) is 11.5 Å². The Morgan fingerprint density at radius 3 is 2.45 bits per heavy atom. The second-order valence-corrected chi connectivity index (χ2v) is 2.83. The molecule has 0 N–H and O–H groups in total. The van der Waals surface area contributed by atoms with E-state index in [0.29, 0.717) is 12.7 Å². The molecule has 0 saturated carbocycles. The summed E-state index contributed by atoms with van der Waals surface area (Å²) in [6.07, 6.45) is 3.98. The van der Waals surface area contributed by atoms with Crippen molar-refractivity contribution in [1.29, 1.82) is 0 Å². The molecule has 0 unspecified atom stereocenters. The lowest BCUT2D eigenvalue weighted by molar-refractivity contribution is 0.0972. The van der Waals surface area contributed by atoms with E-state index in [1.54, 1.807) is 0 Å². The van der Waals surface area contributed by atoms with Crippen LogP contribution in [0.25, 0.3) is 0 Å². The number of hydrogen-bond acceptors (Lipinski definition) is 2. The van der Waals surface area contributed by atoms with Gasteiger partial charge in [0.25, 0.3) is 0 Å². The third kappa shape index (κ3) is 2.00. The van der Waals surface area contributed by atoms with Crippen molar-refractivity contribution >= 4 is 0 Å². The molecule has 0 aromatic rings. The summed E-state index contributed by atoms with van der Waals surface area (Å²) in [7, 11) is 0. The molecule has 1 heterocycles. The number of hydrogen-bond donors (Lipinski definition) is 0. The van der Waals surface area contributed by atoms with Gasteiger partial charge in [0, 0.05) is 0 Å². The van der Waals surface area contributed by atoms with Crippen LogP contribution in [-0.2, 0) is 9.47 Å². The highest BCUT2D eigenvalue weighted by molar-refractivity contribution is 5.21. The number of allylic oxidation sites excluding steroid dienone is 2. The summed E-state index contributed by atoms with van der Waals surface area (Å²) >= 11 is 0. The highest BCUT2D eigenvalue weighted by atomic mass is 16.7. The van der Waals surface area contributed by atoms with Crippen LogP contribution in [0.3, 0.4) is 0 Å². The van der Waals surface area contributed by atoms with Crippen LogP contribution in [-0.4, -0.2) is 6.79 Å². The van der Waals surface area contributed by atoms with Crippen LogP contribution in [0.1, 0.15) is 20.8 Å². The summed E-state index contributed by atoms with van der Waals surface area (Å²) in [6.45, 7) is 6.53. The lowest BCUT2D eigenvalue weighted by Gasteiger charge is -1.98. The summed E-state index contributed by atoms with van der Waals surface area (Å²) in [4.78, 5) is 0. The normalized spacial score (nSPS) is 24.4. The van der Waals surface area contributed by atoms with Gasteiger partial charge in [-0.2, -0.15) is 0 Å². The zero-order chi connectivity index (χ0) is 8.27. The molecule has 1 saturated heterocycles. The van der Waals surface area contributed by atoms with Crippen LogP contribution >= 0.6 is 0 Å². The van der Waals surface area contributed by atoms with Crippen molar-refractivity contribution < 1.29 is 9.47 Å². The summed E-state index contributed by atoms with van der Waals surface area (Å²) in [6, 6.07) is 0. The summed E-state index contributed by atoms with van der Waals surface area (Å²) in [5, 5.41) is 0. The molecular formula is C9H14O2. The van der Waals surface area contributed by atoms with Gasteiger partial charge in [-0.1, -0.05) is 13.8 Å². The first-order chi connectivity index (χ1) is 5.24. The van der Waals surface area contributed by atoms with Gasteiger partial charge < -0.3 is 9.47 Å². The Hall–Kier alpha value is -0.920. The largest absolute Gasteiger partial charge is 0.454 e. The smallest absolute Gasteiger partial charge is 0.231 e. The van der Waals surface area contributed by atoms with Gasteiger partial charge in [-0.25, -0.2) is 0 Å². The van der Waals surface area contributed by atoms with Gasteiger partial charge in [-0.3, -0.25) is 0 Å². The van der Waals surface area contributed by atoms with Crippen molar-refractivity contribution in [3.63, 3.8) is 0 Å². The minimum atomic E-state index is 0.359. The van der Waals surface area contributed by atoms with Gasteiger partial charge in [0.2, 0.25) is 6.79 Å². The molecule has 0 aromatic heterocycles. The first-order valence-corrected chi connectivity index (χ1v) is 3.88. The first kappa shape index (κ1) is 8.18. The molecule has 62 valence electrons. The van der Waals surface area contributed by atoms with Gasteiger partial charge in [-0.15, -0.1) is 0 Å². The Kier molecular flexibility index (Phi) is 2.58. The molecule has 1 aliphatic heterocycles. The van der Waals surface area contributed by atoms with Crippen molar-refractivity contribution in [2.24, 2.45) is 5.92 Å². The van der Waals surface area contributed by atoms with Crippen molar-refractivity contribution in [3.05, 3.63) is 23.7 Å². The predicted molar refractivity (Wildman–Crippen MR) is 43.7 cm³/mol. The third-order valence-corrected chi connectivity index (χ3v) is 1.42. The van der Waals surface area contributed by atoms with Crippen molar-refractivity contribution in [2.75, 3.05) is 6.79 Å². The maximum atomic E-state index is 5.24. The maximum Gasteiger partial charge on any atom is 0.231 e. The van der Waals surface area contributed by atoms with Gasteiger partial charge in [0.1, 0.15) is 0 Å². The predicted octanol–water partition coefficient (Wildman–Crippen LogP) is 2.43. The lowest BCUT2D eigenvalue weighted by Crippen LogP contribution is -1.87. The van der Waals surface area contributed by atoms with Crippen LogP contribution < -0.4 is 0 Å². The Bertz CT molecular complexity index is 190. The molecule has 2 nitrogen and oxygen atoms in total. The monoisotopic (exact) mass is 154 g/mol. The highest BCUT2D eigenvalue weighted by Crippen LogP contribution is 2.21. The quantitative estimate of drug-likeness (QED) is 0.577. The fraction of sp³-hybridized carbons (Fsp3) is 0.556. The van der Waals surface area contributed by atoms with Crippen molar-refractivity contribution in [2.45, 2.75) is 20.8 Å². The van der Waals surface area contributed by atoms with Crippen molar-refractivity contribution in [1.82, 2.24) is 0 Å². The molecule has 2 heteroatoms. The van der Waals surface area contributed by atoms with E-state index < -0.39 is 0 Å². The average molecular weight is 154 g/mol.